The molecule has 1 aliphatic rings. The summed E-state index contributed by atoms with van der Waals surface area (Å²) in [5.74, 6) is 0.813. The first kappa shape index (κ1) is 17.0. The monoisotopic (exact) mass is 373 g/mol. The lowest BCUT2D eigenvalue weighted by Gasteiger charge is -2.17. The van der Waals surface area contributed by atoms with Crippen LogP contribution in [-0.2, 0) is 10.0 Å². The van der Waals surface area contributed by atoms with Gasteiger partial charge in [0.05, 0.1) is 12.1 Å². The van der Waals surface area contributed by atoms with Gasteiger partial charge < -0.3 is 9.26 Å². The molecule has 1 atom stereocenters. The maximum atomic E-state index is 12.9. The van der Waals surface area contributed by atoms with Crippen LogP contribution in [0.3, 0.4) is 0 Å². The zero-order valence-corrected chi connectivity index (χ0v) is 15.4. The average Bonchev–Trinajstić information content (AvgIpc) is 3.22. The molecule has 0 amide bonds. The summed E-state index contributed by atoms with van der Waals surface area (Å²) in [6, 6.07) is 11.6. The lowest BCUT2D eigenvalue weighted by molar-refractivity contribution is 0.207. The van der Waals surface area contributed by atoms with Gasteiger partial charge in [0.15, 0.2) is 5.76 Å². The summed E-state index contributed by atoms with van der Waals surface area (Å²) in [7, 11) is -3.64. The van der Waals surface area contributed by atoms with Crippen molar-refractivity contribution < 1.29 is 17.7 Å². The van der Waals surface area contributed by atoms with Crippen molar-refractivity contribution in [3.8, 4) is 5.88 Å². The molecule has 0 radical (unpaired) electrons. The zero-order valence-electron chi connectivity index (χ0n) is 14.5. The molecular weight excluding hydrogens is 354 g/mol. The summed E-state index contributed by atoms with van der Waals surface area (Å²) < 4.78 is 38.1. The number of sulfonamides is 1. The second kappa shape index (κ2) is 6.37. The lowest BCUT2D eigenvalue weighted by atomic mass is 10.2. The van der Waals surface area contributed by atoms with Gasteiger partial charge in [0.2, 0.25) is 15.9 Å². The third kappa shape index (κ3) is 2.95. The van der Waals surface area contributed by atoms with Crippen molar-refractivity contribution in [1.82, 2.24) is 14.4 Å². The molecule has 8 heteroatoms. The molecule has 0 spiro atoms. The van der Waals surface area contributed by atoms with E-state index in [0.29, 0.717) is 30.3 Å². The molecule has 0 aliphatic carbocycles. The minimum absolute atomic E-state index is 0.155. The van der Waals surface area contributed by atoms with Crippen LogP contribution in [0, 0.1) is 13.8 Å². The van der Waals surface area contributed by atoms with Crippen LogP contribution in [0.15, 0.2) is 45.8 Å². The smallest absolute Gasteiger partial charge is 0.248 e. The van der Waals surface area contributed by atoms with E-state index in [2.05, 4.69) is 10.1 Å². The number of ether oxygens (including phenoxy) is 1. The maximum Gasteiger partial charge on any atom is 0.248 e. The van der Waals surface area contributed by atoms with Gasteiger partial charge in [-0.3, -0.25) is 0 Å². The Morgan fingerprint density at radius 3 is 2.77 bits per heavy atom. The summed E-state index contributed by atoms with van der Waals surface area (Å²) >= 11 is 0. The predicted molar refractivity (Wildman–Crippen MR) is 95.5 cm³/mol. The number of pyridine rings is 1. The number of nitrogens with zero attached hydrogens (tertiary/aromatic N) is 3. The number of para-hydroxylation sites is 1. The highest BCUT2D eigenvalue weighted by atomic mass is 32.2. The standard InChI is InChI=1S/C18H19N3O4S/c1-12-18(13(2)25-20-12)26(22,23)21-10-9-15(11-21)24-17-8-7-14-5-3-4-6-16(14)19-17/h3-8,15H,9-11H2,1-2H3. The molecule has 2 aromatic heterocycles. The second-order valence-corrected chi connectivity index (χ2v) is 8.26. The van der Waals surface area contributed by atoms with Crippen molar-refractivity contribution in [3.63, 3.8) is 0 Å². The topological polar surface area (TPSA) is 85.5 Å². The first-order valence-corrected chi connectivity index (χ1v) is 9.84. The highest BCUT2D eigenvalue weighted by Gasteiger charge is 2.37. The van der Waals surface area contributed by atoms with E-state index in [-0.39, 0.29) is 17.5 Å². The minimum atomic E-state index is -3.64. The normalized spacial score (nSPS) is 18.5. The van der Waals surface area contributed by atoms with Crippen molar-refractivity contribution in [2.75, 3.05) is 13.1 Å². The van der Waals surface area contributed by atoms with Gasteiger partial charge in [-0.2, -0.15) is 4.31 Å². The lowest BCUT2D eigenvalue weighted by Crippen LogP contribution is -2.31. The van der Waals surface area contributed by atoms with Crippen LogP contribution >= 0.6 is 0 Å². The van der Waals surface area contributed by atoms with Gasteiger partial charge in [-0.1, -0.05) is 23.4 Å². The SMILES string of the molecule is Cc1noc(C)c1S(=O)(=O)N1CCC(Oc2ccc3ccccc3n2)C1. The fourth-order valence-corrected chi connectivity index (χ4v) is 5.05. The Hall–Kier alpha value is -2.45. The summed E-state index contributed by atoms with van der Waals surface area (Å²) in [5, 5.41) is 4.78. The summed E-state index contributed by atoms with van der Waals surface area (Å²) in [6.07, 6.45) is 0.371. The van der Waals surface area contributed by atoms with Gasteiger partial charge in [0.25, 0.3) is 0 Å². The quantitative estimate of drug-likeness (QED) is 0.699. The molecule has 4 rings (SSSR count). The highest BCUT2D eigenvalue weighted by molar-refractivity contribution is 7.89. The van der Waals surface area contributed by atoms with Crippen LogP contribution < -0.4 is 4.74 Å². The predicted octanol–water partition coefficient (Wildman–Crippen LogP) is 2.68. The third-order valence-electron chi connectivity index (χ3n) is 4.53. The molecule has 0 saturated carbocycles. The fraction of sp³-hybridized carbons (Fsp3) is 0.333. The summed E-state index contributed by atoms with van der Waals surface area (Å²) in [5.41, 5.74) is 1.23. The summed E-state index contributed by atoms with van der Waals surface area (Å²) in [6.45, 7) is 3.91. The average molecular weight is 373 g/mol. The Labute approximate surface area is 151 Å². The summed E-state index contributed by atoms with van der Waals surface area (Å²) in [4.78, 5) is 4.64. The number of hydrogen-bond donors (Lipinski definition) is 0. The first-order valence-electron chi connectivity index (χ1n) is 8.40. The molecule has 1 fully saturated rings. The molecule has 0 bridgehead atoms. The van der Waals surface area contributed by atoms with E-state index in [1.807, 2.05) is 36.4 Å². The molecule has 136 valence electrons. The van der Waals surface area contributed by atoms with Crippen LogP contribution in [0.5, 0.6) is 5.88 Å². The molecule has 1 saturated heterocycles. The van der Waals surface area contributed by atoms with Gasteiger partial charge in [-0.25, -0.2) is 13.4 Å². The molecule has 0 N–H and O–H groups in total. The highest BCUT2D eigenvalue weighted by Crippen LogP contribution is 2.28. The van der Waals surface area contributed by atoms with E-state index >= 15 is 0 Å². The Morgan fingerprint density at radius 2 is 2.00 bits per heavy atom. The molecule has 26 heavy (non-hydrogen) atoms. The van der Waals surface area contributed by atoms with Crippen LogP contribution in [0.4, 0.5) is 0 Å². The van der Waals surface area contributed by atoms with Gasteiger partial charge in [0, 0.05) is 18.0 Å². The largest absolute Gasteiger partial charge is 0.473 e. The number of aryl methyl sites for hydroxylation is 2. The molecule has 1 aromatic carbocycles. The number of hydrogen-bond acceptors (Lipinski definition) is 6. The van der Waals surface area contributed by atoms with E-state index in [9.17, 15) is 8.42 Å². The Balaban J connectivity index is 1.51. The van der Waals surface area contributed by atoms with Crippen molar-refractivity contribution in [2.24, 2.45) is 0 Å². The van der Waals surface area contributed by atoms with E-state index in [4.69, 9.17) is 9.26 Å². The van der Waals surface area contributed by atoms with Gasteiger partial charge in [0.1, 0.15) is 16.7 Å². The Kier molecular flexibility index (Phi) is 4.16. The van der Waals surface area contributed by atoms with E-state index in [1.54, 1.807) is 13.8 Å². The maximum absolute atomic E-state index is 12.9. The number of aromatic nitrogens is 2. The van der Waals surface area contributed by atoms with Gasteiger partial charge in [-0.05, 0) is 32.4 Å². The van der Waals surface area contributed by atoms with E-state index in [1.165, 1.54) is 4.31 Å². The van der Waals surface area contributed by atoms with Crippen molar-refractivity contribution >= 4 is 20.9 Å². The van der Waals surface area contributed by atoms with Crippen molar-refractivity contribution in [1.29, 1.82) is 0 Å². The molecule has 1 aliphatic heterocycles. The zero-order chi connectivity index (χ0) is 18.3. The molecule has 1 unspecified atom stereocenters. The third-order valence-corrected chi connectivity index (χ3v) is 6.64. The van der Waals surface area contributed by atoms with E-state index < -0.39 is 10.0 Å². The van der Waals surface area contributed by atoms with Crippen molar-refractivity contribution in [3.05, 3.63) is 47.9 Å². The number of benzene rings is 1. The number of fused-ring (bicyclic) bond motifs is 1. The molecular formula is C18H19N3O4S. The molecule has 3 heterocycles. The van der Waals surface area contributed by atoms with Crippen LogP contribution in [-0.4, -0.2) is 42.1 Å². The second-order valence-electron chi connectivity index (χ2n) is 6.39. The Bertz CT molecular complexity index is 1040. The number of rotatable bonds is 4. The molecule has 3 aromatic rings. The van der Waals surface area contributed by atoms with Crippen LogP contribution in [0.25, 0.3) is 10.9 Å². The van der Waals surface area contributed by atoms with Crippen molar-refractivity contribution in [2.45, 2.75) is 31.3 Å². The fourth-order valence-electron chi connectivity index (χ4n) is 3.27. The molecule has 7 nitrogen and oxygen atoms in total. The van der Waals surface area contributed by atoms with Crippen LogP contribution in [0.1, 0.15) is 17.9 Å². The van der Waals surface area contributed by atoms with E-state index in [0.717, 1.165) is 10.9 Å². The Morgan fingerprint density at radius 1 is 1.19 bits per heavy atom. The minimum Gasteiger partial charge on any atom is -0.473 e. The van der Waals surface area contributed by atoms with Gasteiger partial charge in [-0.15, -0.1) is 0 Å². The van der Waals surface area contributed by atoms with Crippen LogP contribution in [0.2, 0.25) is 0 Å². The first-order chi connectivity index (χ1) is 12.4. The van der Waals surface area contributed by atoms with Gasteiger partial charge >= 0.3 is 0 Å².